The zero-order chi connectivity index (χ0) is 26.7. The van der Waals surface area contributed by atoms with Gasteiger partial charge in [-0.15, -0.1) is 0 Å². The molecule has 0 radical (unpaired) electrons. The first kappa shape index (κ1) is 25.4. The Hall–Kier alpha value is -4.66. The zero-order valence-corrected chi connectivity index (χ0v) is 21.3. The molecule has 0 saturated carbocycles. The molecular formula is C28H28N4O5. The molecule has 0 spiro atoms. The van der Waals surface area contributed by atoms with Crippen LogP contribution in [0.1, 0.15) is 53.6 Å². The number of rotatable bonds is 6. The number of ketones is 1. The van der Waals surface area contributed by atoms with E-state index in [1.165, 1.54) is 20.3 Å². The molecule has 0 aliphatic carbocycles. The number of aromatic nitrogens is 4. The fraction of sp³-hybridized carbons (Fsp3) is 0.214. The lowest BCUT2D eigenvalue weighted by Gasteiger charge is -2.16. The molecule has 0 amide bonds. The third-order valence-corrected chi connectivity index (χ3v) is 5.79. The van der Waals surface area contributed by atoms with E-state index in [2.05, 4.69) is 19.9 Å². The number of carbonyl (C=O) groups excluding carboxylic acids is 1. The van der Waals surface area contributed by atoms with Crippen molar-refractivity contribution in [2.75, 3.05) is 14.2 Å². The minimum atomic E-state index is -0.477. The second kappa shape index (κ2) is 10.1. The van der Waals surface area contributed by atoms with Gasteiger partial charge in [0.1, 0.15) is 10.7 Å². The Bertz CT molecular complexity index is 1700. The minimum absolute atomic E-state index is 0.0657. The molecular weight excluding hydrogens is 472 g/mol. The molecule has 0 unspecified atom stereocenters. The number of methoxy groups -OCH3 is 2. The molecule has 2 aromatic carbocycles. The lowest BCUT2D eigenvalue weighted by Crippen LogP contribution is -2.46. The molecule has 0 bridgehead atoms. The maximum Gasteiger partial charge on any atom is 0.272 e. The van der Waals surface area contributed by atoms with E-state index in [1.54, 1.807) is 54.9 Å². The van der Waals surface area contributed by atoms with Gasteiger partial charge < -0.3 is 24.4 Å². The molecule has 4 rings (SSSR count). The van der Waals surface area contributed by atoms with Crippen LogP contribution in [0.25, 0.3) is 12.2 Å². The highest BCUT2D eigenvalue weighted by Gasteiger charge is 2.19. The number of imidazole rings is 1. The fourth-order valence-electron chi connectivity index (χ4n) is 3.93. The number of H-pyrrole nitrogens is 3. The molecule has 3 N–H and O–H groups in total. The number of hydrogen-bond donors (Lipinski definition) is 3. The first-order valence-electron chi connectivity index (χ1n) is 11.6. The normalized spacial score (nSPS) is 12.6. The highest BCUT2D eigenvalue weighted by molar-refractivity contribution is 6.09. The quantitative estimate of drug-likeness (QED) is 0.347. The van der Waals surface area contributed by atoms with Crippen molar-refractivity contribution in [2.24, 2.45) is 0 Å². The molecule has 4 aromatic rings. The first-order valence-corrected chi connectivity index (χ1v) is 11.6. The summed E-state index contributed by atoms with van der Waals surface area (Å²) >= 11 is 0. The third kappa shape index (κ3) is 5.45. The Labute approximate surface area is 212 Å². The minimum Gasteiger partial charge on any atom is -0.493 e. The Morgan fingerprint density at radius 2 is 1.51 bits per heavy atom. The van der Waals surface area contributed by atoms with Crippen LogP contribution >= 0.6 is 0 Å². The molecule has 9 nitrogen and oxygen atoms in total. The van der Waals surface area contributed by atoms with Gasteiger partial charge in [0.25, 0.3) is 11.1 Å². The van der Waals surface area contributed by atoms with Gasteiger partial charge in [-0.3, -0.25) is 14.4 Å². The van der Waals surface area contributed by atoms with Gasteiger partial charge in [-0.25, -0.2) is 4.98 Å². The largest absolute Gasteiger partial charge is 0.493 e. The van der Waals surface area contributed by atoms with Crippen molar-refractivity contribution in [2.45, 2.75) is 26.2 Å². The molecule has 0 fully saturated rings. The number of ether oxygens (including phenoxy) is 2. The molecule has 0 aliphatic rings. The monoisotopic (exact) mass is 500 g/mol. The van der Waals surface area contributed by atoms with Crippen LogP contribution in [0.15, 0.2) is 58.4 Å². The third-order valence-electron chi connectivity index (χ3n) is 5.79. The molecule has 190 valence electrons. The van der Waals surface area contributed by atoms with Crippen molar-refractivity contribution in [1.82, 2.24) is 19.9 Å². The molecule has 0 saturated heterocycles. The number of carbonyl (C=O) groups is 1. The topological polar surface area (TPSA) is 130 Å². The summed E-state index contributed by atoms with van der Waals surface area (Å²) in [5.74, 6) is 0.741. The van der Waals surface area contributed by atoms with Crippen LogP contribution < -0.4 is 31.3 Å². The first-order chi connectivity index (χ1) is 17.6. The van der Waals surface area contributed by atoms with E-state index in [0.29, 0.717) is 33.9 Å². The van der Waals surface area contributed by atoms with Crippen LogP contribution in [0.2, 0.25) is 0 Å². The lowest BCUT2D eigenvalue weighted by atomic mass is 9.90. The highest BCUT2D eigenvalue weighted by Crippen LogP contribution is 2.28. The molecule has 0 aliphatic heterocycles. The standard InChI is InChI=1S/C28H28N4O5/c1-28(2,3)25-19(29-15-30-25)14-21-27(35)31-20(26(34)32-21)12-16-7-6-8-17(11-16)24(33)18-9-10-22(36-4)23(13-18)37-5/h6-15H,1-5H3,(H,29,30)(H,31,35)(H,32,34)/b20-12-,21-14-. The summed E-state index contributed by atoms with van der Waals surface area (Å²) in [7, 11) is 3.02. The van der Waals surface area contributed by atoms with Gasteiger partial charge in [0.15, 0.2) is 17.3 Å². The number of nitrogens with one attached hydrogen (secondary N) is 3. The van der Waals surface area contributed by atoms with Gasteiger partial charge in [-0.1, -0.05) is 39.0 Å². The Morgan fingerprint density at radius 1 is 0.865 bits per heavy atom. The van der Waals surface area contributed by atoms with Gasteiger partial charge >= 0.3 is 0 Å². The predicted molar refractivity (Wildman–Crippen MR) is 141 cm³/mol. The lowest BCUT2D eigenvalue weighted by molar-refractivity contribution is 0.103. The van der Waals surface area contributed by atoms with Gasteiger partial charge in [0, 0.05) is 22.2 Å². The summed E-state index contributed by atoms with van der Waals surface area (Å²) in [4.78, 5) is 51.2. The number of aromatic amines is 3. The second-order valence-electron chi connectivity index (χ2n) is 9.46. The second-order valence-corrected chi connectivity index (χ2v) is 9.46. The van der Waals surface area contributed by atoms with Crippen molar-refractivity contribution in [3.63, 3.8) is 0 Å². The summed E-state index contributed by atoms with van der Waals surface area (Å²) in [6.07, 6.45) is 4.62. The number of hydrogen-bond acceptors (Lipinski definition) is 6. The van der Waals surface area contributed by atoms with E-state index in [4.69, 9.17) is 9.47 Å². The van der Waals surface area contributed by atoms with Crippen LogP contribution in [0.3, 0.4) is 0 Å². The summed E-state index contributed by atoms with van der Waals surface area (Å²) in [6.45, 7) is 6.06. The van der Waals surface area contributed by atoms with E-state index < -0.39 is 11.1 Å². The van der Waals surface area contributed by atoms with E-state index in [0.717, 1.165) is 5.69 Å². The Balaban J connectivity index is 1.71. The zero-order valence-electron chi connectivity index (χ0n) is 21.3. The van der Waals surface area contributed by atoms with Crippen LogP contribution in [-0.2, 0) is 5.41 Å². The molecule has 37 heavy (non-hydrogen) atoms. The van der Waals surface area contributed by atoms with Gasteiger partial charge in [0.05, 0.1) is 26.2 Å². The summed E-state index contributed by atoms with van der Waals surface area (Å²) in [5.41, 5.74) is 1.67. The summed E-state index contributed by atoms with van der Waals surface area (Å²) in [6, 6.07) is 11.7. The maximum atomic E-state index is 13.1. The van der Waals surface area contributed by atoms with Crippen molar-refractivity contribution in [3.05, 3.63) is 108 Å². The average molecular weight is 501 g/mol. The van der Waals surface area contributed by atoms with Crippen molar-refractivity contribution < 1.29 is 14.3 Å². The maximum absolute atomic E-state index is 13.1. The molecule has 0 atom stereocenters. The number of benzene rings is 2. The Morgan fingerprint density at radius 3 is 2.16 bits per heavy atom. The van der Waals surface area contributed by atoms with Crippen LogP contribution in [-0.4, -0.2) is 39.9 Å². The van der Waals surface area contributed by atoms with Crippen LogP contribution in [0, 0.1) is 0 Å². The van der Waals surface area contributed by atoms with E-state index in [-0.39, 0.29) is 21.9 Å². The average Bonchev–Trinajstić information content (AvgIpc) is 3.35. The highest BCUT2D eigenvalue weighted by atomic mass is 16.5. The SMILES string of the molecule is COc1ccc(C(=O)c2cccc(/C=c3\[nH]c(=O)/c(=C/c4nc[nH]c4C(C)(C)C)[nH]c3=O)c2)cc1OC. The van der Waals surface area contributed by atoms with Crippen molar-refractivity contribution in [3.8, 4) is 11.5 Å². The van der Waals surface area contributed by atoms with Gasteiger partial charge in [0.2, 0.25) is 0 Å². The molecule has 2 heterocycles. The fourth-order valence-corrected chi connectivity index (χ4v) is 3.93. The smallest absolute Gasteiger partial charge is 0.272 e. The van der Waals surface area contributed by atoms with E-state index in [1.807, 2.05) is 20.8 Å². The van der Waals surface area contributed by atoms with Crippen LogP contribution in [0.4, 0.5) is 0 Å². The number of nitrogens with zero attached hydrogens (tertiary/aromatic N) is 1. The summed E-state index contributed by atoms with van der Waals surface area (Å²) in [5, 5.41) is 0.160. The molecule has 2 aromatic heterocycles. The molecule has 9 heteroatoms. The Kier molecular flexibility index (Phi) is 6.97. The summed E-state index contributed by atoms with van der Waals surface area (Å²) < 4.78 is 10.5. The van der Waals surface area contributed by atoms with Crippen molar-refractivity contribution in [1.29, 1.82) is 0 Å². The van der Waals surface area contributed by atoms with Gasteiger partial charge in [-0.05, 0) is 42.0 Å². The van der Waals surface area contributed by atoms with Gasteiger partial charge in [-0.2, -0.15) is 0 Å². The van der Waals surface area contributed by atoms with Crippen LogP contribution in [0.5, 0.6) is 11.5 Å². The van der Waals surface area contributed by atoms with E-state index >= 15 is 0 Å². The van der Waals surface area contributed by atoms with E-state index in [9.17, 15) is 14.4 Å². The van der Waals surface area contributed by atoms with Crippen molar-refractivity contribution >= 4 is 17.9 Å². The predicted octanol–water partition coefficient (Wildman–Crippen LogP) is 1.99.